The number of carbonyl (C=O) groups excluding carboxylic acids is 2. The van der Waals surface area contributed by atoms with E-state index in [4.69, 9.17) is 0 Å². The predicted molar refractivity (Wildman–Crippen MR) is 143 cm³/mol. The van der Waals surface area contributed by atoms with Crippen molar-refractivity contribution in [3.05, 3.63) is 80.4 Å². The Labute approximate surface area is 224 Å². The normalized spacial score (nSPS) is 16.4. The van der Waals surface area contributed by atoms with Crippen LogP contribution in [-0.2, 0) is 6.54 Å². The van der Waals surface area contributed by atoms with Crippen LogP contribution in [0.1, 0.15) is 39.8 Å². The van der Waals surface area contributed by atoms with Crippen LogP contribution in [0.3, 0.4) is 0 Å². The van der Waals surface area contributed by atoms with Crippen LogP contribution in [0, 0.1) is 10.1 Å². The molecule has 3 aromatic rings. The van der Waals surface area contributed by atoms with Gasteiger partial charge in [-0.05, 0) is 25.0 Å². The number of hydrogen-bond acceptors (Lipinski definition) is 8. The Morgan fingerprint density at radius 3 is 2.42 bits per heavy atom. The van der Waals surface area contributed by atoms with Gasteiger partial charge in [0, 0.05) is 74.9 Å². The Morgan fingerprint density at radius 1 is 1.00 bits per heavy atom. The van der Waals surface area contributed by atoms with Gasteiger partial charge in [0.25, 0.3) is 11.6 Å². The van der Waals surface area contributed by atoms with Crippen molar-refractivity contribution in [2.45, 2.75) is 25.3 Å². The molecule has 2 fully saturated rings. The third-order valence-electron chi connectivity index (χ3n) is 7.02. The van der Waals surface area contributed by atoms with E-state index in [0.29, 0.717) is 37.4 Å². The van der Waals surface area contributed by atoms with Gasteiger partial charge in [-0.3, -0.25) is 14.9 Å². The second kappa shape index (κ2) is 11.5. The van der Waals surface area contributed by atoms with Gasteiger partial charge in [0.1, 0.15) is 11.5 Å². The molecule has 2 aliphatic heterocycles. The number of likely N-dealkylation sites (tertiary alicyclic amines) is 1. The average Bonchev–Trinajstić information content (AvgIpc) is 3.47. The van der Waals surface area contributed by atoms with Gasteiger partial charge in [0.05, 0.1) is 9.93 Å². The highest BCUT2D eigenvalue weighted by Crippen LogP contribution is 2.31. The summed E-state index contributed by atoms with van der Waals surface area (Å²) in [5, 5.41) is 16.5. The average molecular weight is 536 g/mol. The standard InChI is InChI=1S/C26H29N7O4S/c34-24(28-17-20-5-1-2-6-22(20)33(36)37)21-18-38-25(29-21)19-8-11-31(12-9-19)26(35)32-15-13-30(14-16-32)23-7-3-4-10-27-23/h1-7,10,18-19H,8-9,11-17H2,(H,28,34). The highest BCUT2D eigenvalue weighted by atomic mass is 32.1. The van der Waals surface area contributed by atoms with E-state index in [0.717, 1.165) is 36.8 Å². The van der Waals surface area contributed by atoms with Gasteiger partial charge in [0.15, 0.2) is 0 Å². The molecule has 2 saturated heterocycles. The number of amides is 3. The van der Waals surface area contributed by atoms with Gasteiger partial charge in [-0.25, -0.2) is 14.8 Å². The summed E-state index contributed by atoms with van der Waals surface area (Å²) in [6, 6.07) is 12.3. The SMILES string of the molecule is O=C(NCc1ccccc1[N+](=O)[O-])c1csc(C2CCN(C(=O)N3CCN(c4ccccn4)CC3)CC2)n1. The number of hydrogen-bond donors (Lipinski definition) is 1. The molecular formula is C26H29N7O4S. The highest BCUT2D eigenvalue weighted by molar-refractivity contribution is 7.09. The number of para-hydroxylation sites is 1. The quantitative estimate of drug-likeness (QED) is 0.378. The van der Waals surface area contributed by atoms with E-state index in [1.54, 1.807) is 29.8 Å². The number of carbonyl (C=O) groups is 2. The van der Waals surface area contributed by atoms with Gasteiger partial charge >= 0.3 is 6.03 Å². The lowest BCUT2D eigenvalue weighted by Gasteiger charge is -2.39. The van der Waals surface area contributed by atoms with E-state index >= 15 is 0 Å². The molecule has 2 aliphatic rings. The van der Waals surface area contributed by atoms with Crippen LogP contribution in [0.15, 0.2) is 54.0 Å². The van der Waals surface area contributed by atoms with Crippen LogP contribution in [-0.4, -0.2) is 75.9 Å². The minimum absolute atomic E-state index is 0.0249. The first-order valence-corrected chi connectivity index (χ1v) is 13.5. The van der Waals surface area contributed by atoms with Crippen molar-refractivity contribution in [1.29, 1.82) is 0 Å². The number of nitrogens with one attached hydrogen (secondary N) is 1. The molecule has 11 nitrogen and oxygen atoms in total. The summed E-state index contributed by atoms with van der Waals surface area (Å²) in [4.78, 5) is 51.4. The third kappa shape index (κ3) is 5.75. The summed E-state index contributed by atoms with van der Waals surface area (Å²) in [6.45, 7) is 4.24. The van der Waals surface area contributed by atoms with Crippen LogP contribution >= 0.6 is 11.3 Å². The molecule has 0 saturated carbocycles. The maximum absolute atomic E-state index is 13.1. The van der Waals surface area contributed by atoms with Crippen molar-refractivity contribution in [2.24, 2.45) is 0 Å². The summed E-state index contributed by atoms with van der Waals surface area (Å²) in [5.74, 6) is 0.781. The minimum Gasteiger partial charge on any atom is -0.353 e. The van der Waals surface area contributed by atoms with E-state index < -0.39 is 4.92 Å². The highest BCUT2D eigenvalue weighted by Gasteiger charge is 2.30. The lowest BCUT2D eigenvalue weighted by Crippen LogP contribution is -2.54. The van der Waals surface area contributed by atoms with E-state index in [1.807, 2.05) is 28.0 Å². The molecule has 38 heavy (non-hydrogen) atoms. The zero-order valence-electron chi connectivity index (χ0n) is 20.9. The van der Waals surface area contributed by atoms with Crippen molar-refractivity contribution in [2.75, 3.05) is 44.2 Å². The lowest BCUT2D eigenvalue weighted by atomic mass is 9.98. The maximum Gasteiger partial charge on any atom is 0.320 e. The van der Waals surface area contributed by atoms with Gasteiger partial charge in [-0.2, -0.15) is 0 Å². The number of nitrogens with zero attached hydrogens (tertiary/aromatic N) is 6. The number of piperazine rings is 1. The van der Waals surface area contributed by atoms with E-state index in [2.05, 4.69) is 20.2 Å². The second-order valence-electron chi connectivity index (χ2n) is 9.35. The Morgan fingerprint density at radius 2 is 1.71 bits per heavy atom. The fourth-order valence-electron chi connectivity index (χ4n) is 4.87. The number of anilines is 1. The topological polar surface area (TPSA) is 125 Å². The summed E-state index contributed by atoms with van der Waals surface area (Å²) in [6.07, 6.45) is 3.38. The number of thiazole rings is 1. The molecule has 1 aromatic carbocycles. The number of pyridine rings is 1. The molecule has 12 heteroatoms. The fraction of sp³-hybridized carbons (Fsp3) is 0.385. The summed E-state index contributed by atoms with van der Waals surface area (Å²) in [5.41, 5.74) is 0.729. The van der Waals surface area contributed by atoms with Crippen LogP contribution < -0.4 is 10.2 Å². The molecule has 198 valence electrons. The van der Waals surface area contributed by atoms with Crippen molar-refractivity contribution >= 4 is 34.8 Å². The molecule has 5 rings (SSSR count). The summed E-state index contributed by atoms with van der Waals surface area (Å²) >= 11 is 1.44. The maximum atomic E-state index is 13.1. The molecule has 0 atom stereocenters. The Bertz CT molecular complexity index is 1290. The minimum atomic E-state index is -0.457. The van der Waals surface area contributed by atoms with Crippen LogP contribution in [0.4, 0.5) is 16.3 Å². The van der Waals surface area contributed by atoms with Crippen LogP contribution in [0.2, 0.25) is 0 Å². The smallest absolute Gasteiger partial charge is 0.320 e. The molecular weight excluding hydrogens is 506 g/mol. The Hall–Kier alpha value is -4.06. The van der Waals surface area contributed by atoms with Crippen molar-refractivity contribution in [1.82, 2.24) is 25.1 Å². The summed E-state index contributed by atoms with van der Waals surface area (Å²) in [7, 11) is 0. The lowest BCUT2D eigenvalue weighted by molar-refractivity contribution is -0.385. The van der Waals surface area contributed by atoms with Crippen molar-refractivity contribution in [3.8, 4) is 0 Å². The first kappa shape index (κ1) is 25.6. The molecule has 1 N–H and O–H groups in total. The van der Waals surface area contributed by atoms with Gasteiger partial charge in [-0.1, -0.05) is 24.3 Å². The first-order valence-electron chi connectivity index (χ1n) is 12.7. The van der Waals surface area contributed by atoms with E-state index in [-0.39, 0.29) is 30.1 Å². The first-order chi connectivity index (χ1) is 18.5. The van der Waals surface area contributed by atoms with Crippen molar-refractivity contribution < 1.29 is 14.5 Å². The van der Waals surface area contributed by atoms with Crippen LogP contribution in [0.5, 0.6) is 0 Å². The predicted octanol–water partition coefficient (Wildman–Crippen LogP) is 3.50. The van der Waals surface area contributed by atoms with Gasteiger partial charge in [-0.15, -0.1) is 11.3 Å². The molecule has 0 unspecified atom stereocenters. The van der Waals surface area contributed by atoms with Crippen molar-refractivity contribution in [3.63, 3.8) is 0 Å². The van der Waals surface area contributed by atoms with Gasteiger partial charge in [0.2, 0.25) is 0 Å². The van der Waals surface area contributed by atoms with E-state index in [1.165, 1.54) is 17.4 Å². The molecule has 0 radical (unpaired) electrons. The molecule has 2 aromatic heterocycles. The molecule has 0 aliphatic carbocycles. The number of piperidine rings is 1. The van der Waals surface area contributed by atoms with E-state index in [9.17, 15) is 19.7 Å². The molecule has 4 heterocycles. The monoisotopic (exact) mass is 535 g/mol. The van der Waals surface area contributed by atoms with Gasteiger partial charge < -0.3 is 20.0 Å². The number of aromatic nitrogens is 2. The molecule has 0 spiro atoms. The molecule has 0 bridgehead atoms. The third-order valence-corrected chi connectivity index (χ3v) is 8.03. The summed E-state index contributed by atoms with van der Waals surface area (Å²) < 4.78 is 0. The Balaban J connectivity index is 1.09. The number of nitro benzene ring substituents is 1. The molecule has 3 amide bonds. The number of nitro groups is 1. The zero-order valence-corrected chi connectivity index (χ0v) is 21.7. The number of urea groups is 1. The zero-order chi connectivity index (χ0) is 26.5. The Kier molecular flexibility index (Phi) is 7.78. The number of benzene rings is 1. The largest absolute Gasteiger partial charge is 0.353 e. The second-order valence-corrected chi connectivity index (χ2v) is 10.2. The van der Waals surface area contributed by atoms with Crippen LogP contribution in [0.25, 0.3) is 0 Å². The fourth-order valence-corrected chi connectivity index (χ4v) is 5.84. The number of rotatable bonds is 6.